The smallest absolute Gasteiger partial charge is 0.243 e. The van der Waals surface area contributed by atoms with Crippen molar-refractivity contribution in [2.45, 2.75) is 36.7 Å². The van der Waals surface area contributed by atoms with Crippen molar-refractivity contribution in [3.8, 4) is 0 Å². The molecular weight excluding hydrogens is 404 g/mol. The van der Waals surface area contributed by atoms with Crippen molar-refractivity contribution in [1.29, 1.82) is 0 Å². The Hall–Kier alpha value is -2.47. The van der Waals surface area contributed by atoms with E-state index in [0.717, 1.165) is 44.5 Å². The zero-order valence-corrected chi connectivity index (χ0v) is 18.6. The molecule has 4 nitrogen and oxygen atoms in total. The lowest BCUT2D eigenvalue weighted by atomic mass is 10.0. The Labute approximate surface area is 186 Å². The number of sulfonamides is 1. The van der Waals surface area contributed by atoms with Crippen molar-refractivity contribution >= 4 is 10.0 Å². The zero-order chi connectivity index (χ0) is 21.5. The van der Waals surface area contributed by atoms with E-state index in [1.807, 2.05) is 30.3 Å². The SMILES string of the molecule is O=S(=O)(c1ccccc1)N(CCc1ccccc1)C1CCN(Cc2ccccc2)CC1. The number of nitrogens with zero attached hydrogens (tertiary/aromatic N) is 2. The average molecular weight is 435 g/mol. The highest BCUT2D eigenvalue weighted by molar-refractivity contribution is 7.89. The lowest BCUT2D eigenvalue weighted by Crippen LogP contribution is -2.47. The van der Waals surface area contributed by atoms with Gasteiger partial charge < -0.3 is 0 Å². The third kappa shape index (κ3) is 5.62. The van der Waals surface area contributed by atoms with Gasteiger partial charge in [-0.1, -0.05) is 78.9 Å². The van der Waals surface area contributed by atoms with Gasteiger partial charge in [-0.15, -0.1) is 0 Å². The normalized spacial score (nSPS) is 15.9. The summed E-state index contributed by atoms with van der Waals surface area (Å²) >= 11 is 0. The van der Waals surface area contributed by atoms with E-state index < -0.39 is 10.0 Å². The third-order valence-corrected chi connectivity index (χ3v) is 7.99. The largest absolute Gasteiger partial charge is 0.299 e. The second-order valence-electron chi connectivity index (χ2n) is 8.16. The summed E-state index contributed by atoms with van der Waals surface area (Å²) in [5, 5.41) is 0. The molecule has 1 saturated heterocycles. The van der Waals surface area contributed by atoms with E-state index in [1.165, 1.54) is 5.56 Å². The molecule has 0 amide bonds. The zero-order valence-electron chi connectivity index (χ0n) is 17.8. The van der Waals surface area contributed by atoms with Crippen LogP contribution >= 0.6 is 0 Å². The predicted octanol–water partition coefficient (Wildman–Crippen LogP) is 4.58. The molecule has 31 heavy (non-hydrogen) atoms. The molecular formula is C26H30N2O2S. The first-order chi connectivity index (χ1) is 15.1. The summed E-state index contributed by atoms with van der Waals surface area (Å²) in [4.78, 5) is 2.81. The van der Waals surface area contributed by atoms with Gasteiger partial charge in [-0.2, -0.15) is 4.31 Å². The Balaban J connectivity index is 1.48. The Bertz CT molecular complexity index is 1030. The summed E-state index contributed by atoms with van der Waals surface area (Å²) in [5.41, 5.74) is 2.47. The number of piperidine rings is 1. The Morgan fingerprint density at radius 1 is 0.742 bits per heavy atom. The molecule has 0 atom stereocenters. The van der Waals surface area contributed by atoms with Gasteiger partial charge in [0.05, 0.1) is 4.90 Å². The van der Waals surface area contributed by atoms with Gasteiger partial charge in [-0.05, 0) is 42.5 Å². The summed E-state index contributed by atoms with van der Waals surface area (Å²) in [6.07, 6.45) is 2.43. The first kappa shape index (κ1) is 21.8. The van der Waals surface area contributed by atoms with Crippen LogP contribution in [-0.4, -0.2) is 43.3 Å². The van der Waals surface area contributed by atoms with Crippen LogP contribution in [0.3, 0.4) is 0 Å². The molecule has 0 spiro atoms. The van der Waals surface area contributed by atoms with Crippen LogP contribution in [-0.2, 0) is 23.0 Å². The molecule has 0 N–H and O–H groups in total. The van der Waals surface area contributed by atoms with Crippen molar-refractivity contribution in [2.75, 3.05) is 19.6 Å². The number of hydrogen-bond acceptors (Lipinski definition) is 3. The summed E-state index contributed by atoms with van der Waals surface area (Å²) in [6, 6.07) is 29.5. The topological polar surface area (TPSA) is 40.6 Å². The lowest BCUT2D eigenvalue weighted by Gasteiger charge is -2.38. The van der Waals surface area contributed by atoms with Crippen LogP contribution in [0.2, 0.25) is 0 Å². The highest BCUT2D eigenvalue weighted by atomic mass is 32.2. The maximum Gasteiger partial charge on any atom is 0.243 e. The van der Waals surface area contributed by atoms with Gasteiger partial charge >= 0.3 is 0 Å². The summed E-state index contributed by atoms with van der Waals surface area (Å²) in [7, 11) is -3.53. The molecule has 0 aliphatic carbocycles. The predicted molar refractivity (Wildman–Crippen MR) is 125 cm³/mol. The van der Waals surface area contributed by atoms with Crippen LogP contribution in [0.5, 0.6) is 0 Å². The second kappa shape index (κ2) is 10.2. The minimum absolute atomic E-state index is 0.0286. The minimum atomic E-state index is -3.53. The summed E-state index contributed by atoms with van der Waals surface area (Å²) < 4.78 is 28.8. The van der Waals surface area contributed by atoms with Crippen LogP contribution in [0.4, 0.5) is 0 Å². The molecule has 0 radical (unpaired) electrons. The fraction of sp³-hybridized carbons (Fsp3) is 0.308. The standard InChI is InChI=1S/C26H30N2O2S/c29-31(30,26-14-8-3-9-15-26)28(21-16-23-10-4-1-5-11-23)25-17-19-27(20-18-25)22-24-12-6-2-7-13-24/h1-15,25H,16-22H2. The van der Waals surface area contributed by atoms with E-state index in [1.54, 1.807) is 28.6 Å². The van der Waals surface area contributed by atoms with Crippen LogP contribution in [0.1, 0.15) is 24.0 Å². The molecule has 5 heteroatoms. The van der Waals surface area contributed by atoms with E-state index in [9.17, 15) is 8.42 Å². The monoisotopic (exact) mass is 434 g/mol. The Kier molecular flexibility index (Phi) is 7.17. The second-order valence-corrected chi connectivity index (χ2v) is 10.0. The Morgan fingerprint density at radius 3 is 1.84 bits per heavy atom. The number of benzene rings is 3. The number of likely N-dealkylation sites (tertiary alicyclic amines) is 1. The lowest BCUT2D eigenvalue weighted by molar-refractivity contribution is 0.154. The van der Waals surface area contributed by atoms with Crippen molar-refractivity contribution < 1.29 is 8.42 Å². The van der Waals surface area contributed by atoms with E-state index in [-0.39, 0.29) is 6.04 Å². The third-order valence-electron chi connectivity index (χ3n) is 6.03. The van der Waals surface area contributed by atoms with Crippen LogP contribution in [0, 0.1) is 0 Å². The molecule has 1 heterocycles. The molecule has 162 valence electrons. The molecule has 0 bridgehead atoms. The van der Waals surface area contributed by atoms with Gasteiger partial charge in [0.1, 0.15) is 0 Å². The van der Waals surface area contributed by atoms with Gasteiger partial charge in [0.25, 0.3) is 0 Å². The maximum atomic E-state index is 13.5. The quantitative estimate of drug-likeness (QED) is 0.521. The van der Waals surface area contributed by atoms with Crippen LogP contribution < -0.4 is 0 Å². The molecule has 0 saturated carbocycles. The average Bonchev–Trinajstić information content (AvgIpc) is 2.82. The van der Waals surface area contributed by atoms with Gasteiger partial charge in [0.2, 0.25) is 10.0 Å². The van der Waals surface area contributed by atoms with Gasteiger partial charge in [-0.3, -0.25) is 4.90 Å². The molecule has 4 rings (SSSR count). The van der Waals surface area contributed by atoms with E-state index in [2.05, 4.69) is 41.3 Å². The highest BCUT2D eigenvalue weighted by Crippen LogP contribution is 2.25. The molecule has 3 aromatic carbocycles. The molecule has 3 aromatic rings. The first-order valence-corrected chi connectivity index (χ1v) is 12.4. The highest BCUT2D eigenvalue weighted by Gasteiger charge is 2.33. The first-order valence-electron chi connectivity index (χ1n) is 11.0. The van der Waals surface area contributed by atoms with Crippen LogP contribution in [0.25, 0.3) is 0 Å². The number of rotatable bonds is 8. The Morgan fingerprint density at radius 2 is 1.26 bits per heavy atom. The van der Waals surface area contributed by atoms with Gasteiger partial charge in [-0.25, -0.2) is 8.42 Å². The molecule has 0 unspecified atom stereocenters. The van der Waals surface area contributed by atoms with E-state index in [4.69, 9.17) is 0 Å². The van der Waals surface area contributed by atoms with Crippen LogP contribution in [0.15, 0.2) is 95.9 Å². The van der Waals surface area contributed by atoms with Gasteiger partial charge in [0.15, 0.2) is 0 Å². The maximum absolute atomic E-state index is 13.5. The summed E-state index contributed by atoms with van der Waals surface area (Å²) in [5.74, 6) is 0. The van der Waals surface area contributed by atoms with Gasteiger partial charge in [0, 0.05) is 32.2 Å². The molecule has 1 fully saturated rings. The van der Waals surface area contributed by atoms with Crippen molar-refractivity contribution in [1.82, 2.24) is 9.21 Å². The molecule has 1 aliphatic rings. The van der Waals surface area contributed by atoms with E-state index >= 15 is 0 Å². The molecule has 1 aliphatic heterocycles. The van der Waals surface area contributed by atoms with Crippen molar-refractivity contribution in [3.05, 3.63) is 102 Å². The summed E-state index contributed by atoms with van der Waals surface area (Å²) in [6.45, 7) is 3.24. The fourth-order valence-electron chi connectivity index (χ4n) is 4.32. The molecule has 0 aromatic heterocycles. The van der Waals surface area contributed by atoms with E-state index in [0.29, 0.717) is 11.4 Å². The number of hydrogen-bond donors (Lipinski definition) is 0. The minimum Gasteiger partial charge on any atom is -0.299 e. The van der Waals surface area contributed by atoms with Crippen molar-refractivity contribution in [3.63, 3.8) is 0 Å². The van der Waals surface area contributed by atoms with Crippen molar-refractivity contribution in [2.24, 2.45) is 0 Å². The fourth-order valence-corrected chi connectivity index (χ4v) is 6.02.